The van der Waals surface area contributed by atoms with Gasteiger partial charge in [0.2, 0.25) is 5.96 Å². The number of nitrogens with zero attached hydrogens (tertiary/aromatic N) is 5. The molecule has 8 heteroatoms. The van der Waals surface area contributed by atoms with Crippen molar-refractivity contribution in [1.29, 1.82) is 0 Å². The molecule has 0 aliphatic carbocycles. The van der Waals surface area contributed by atoms with Gasteiger partial charge in [-0.1, -0.05) is 29.8 Å². The molecule has 3 amide bonds. The molecule has 2 aromatic carbocycles. The van der Waals surface area contributed by atoms with Crippen LogP contribution >= 0.6 is 0 Å². The largest absolute Gasteiger partial charge is 0.497 e. The second-order valence-corrected chi connectivity index (χ2v) is 8.58. The maximum Gasteiger partial charge on any atom is 0.328 e. The minimum absolute atomic E-state index is 0.190. The number of hydrogen-bond donors (Lipinski definition) is 0. The van der Waals surface area contributed by atoms with E-state index < -0.39 is 12.2 Å². The first kappa shape index (κ1) is 20.4. The number of urea groups is 1. The third-order valence-electron chi connectivity index (χ3n) is 6.58. The van der Waals surface area contributed by atoms with Crippen molar-refractivity contribution in [1.82, 2.24) is 14.7 Å². The normalized spacial score (nSPS) is 22.3. The molecule has 5 rings (SSSR count). The van der Waals surface area contributed by atoms with Crippen LogP contribution in [0.2, 0.25) is 0 Å². The zero-order chi connectivity index (χ0) is 22.6. The molecule has 2 saturated heterocycles. The van der Waals surface area contributed by atoms with Gasteiger partial charge in [-0.05, 0) is 37.1 Å². The summed E-state index contributed by atoms with van der Waals surface area (Å²) in [6.07, 6.45) is -0.520. The molecular weight excluding hydrogens is 406 g/mol. The maximum atomic E-state index is 13.6. The minimum Gasteiger partial charge on any atom is -0.497 e. The standard InChI is InChI=1S/C24H27N5O3/c1-15-8-9-16(2)17(12-15)14-29-22(30)20-21(26(3)24(29)31)25-23-27(10-11-28(20)23)18-6-5-7-19(13-18)32-4/h5-9,12-13,20-21H,10-11,14H2,1-4H3. The van der Waals surface area contributed by atoms with Crippen LogP contribution < -0.4 is 9.64 Å². The average Bonchev–Trinajstić information content (AvgIpc) is 3.37. The van der Waals surface area contributed by atoms with Crippen LogP contribution in [0.25, 0.3) is 0 Å². The Balaban J connectivity index is 1.44. The van der Waals surface area contributed by atoms with Crippen molar-refractivity contribution in [3.05, 3.63) is 59.2 Å². The first-order valence-corrected chi connectivity index (χ1v) is 10.8. The van der Waals surface area contributed by atoms with E-state index in [1.807, 2.05) is 61.2 Å². The lowest BCUT2D eigenvalue weighted by atomic mass is 10.0. The van der Waals surface area contributed by atoms with Gasteiger partial charge in [0.25, 0.3) is 5.91 Å². The van der Waals surface area contributed by atoms with Gasteiger partial charge in [-0.3, -0.25) is 9.69 Å². The number of anilines is 1. The van der Waals surface area contributed by atoms with Crippen molar-refractivity contribution in [3.8, 4) is 5.75 Å². The van der Waals surface area contributed by atoms with Crippen LogP contribution in [0.5, 0.6) is 5.75 Å². The van der Waals surface area contributed by atoms with Gasteiger partial charge in [0.15, 0.2) is 12.2 Å². The summed E-state index contributed by atoms with van der Waals surface area (Å²) in [6, 6.07) is 13.1. The molecule has 3 heterocycles. The van der Waals surface area contributed by atoms with Gasteiger partial charge in [0.05, 0.1) is 13.7 Å². The van der Waals surface area contributed by atoms with Gasteiger partial charge in [0, 0.05) is 31.9 Å². The van der Waals surface area contributed by atoms with Crippen LogP contribution in [0.4, 0.5) is 10.5 Å². The van der Waals surface area contributed by atoms with E-state index >= 15 is 0 Å². The van der Waals surface area contributed by atoms with Gasteiger partial charge in [-0.2, -0.15) is 0 Å². The highest BCUT2D eigenvalue weighted by Crippen LogP contribution is 2.34. The Labute approximate surface area is 187 Å². The van der Waals surface area contributed by atoms with Gasteiger partial charge in [-0.25, -0.2) is 9.79 Å². The van der Waals surface area contributed by atoms with Gasteiger partial charge in [-0.15, -0.1) is 0 Å². The van der Waals surface area contributed by atoms with E-state index in [-0.39, 0.29) is 18.5 Å². The van der Waals surface area contributed by atoms with Gasteiger partial charge >= 0.3 is 6.03 Å². The van der Waals surface area contributed by atoms with Crippen LogP contribution in [-0.4, -0.2) is 72.1 Å². The highest BCUT2D eigenvalue weighted by atomic mass is 16.5. The number of aliphatic imine (C=N–C) groups is 1. The number of carbonyl (C=O) groups excluding carboxylic acids is 2. The number of aryl methyl sites for hydroxylation is 2. The third-order valence-corrected chi connectivity index (χ3v) is 6.58. The molecule has 0 aromatic heterocycles. The fraction of sp³-hybridized carbons (Fsp3) is 0.375. The minimum atomic E-state index is -0.520. The van der Waals surface area contributed by atoms with Crippen molar-refractivity contribution in [2.45, 2.75) is 32.6 Å². The second kappa shape index (κ2) is 7.55. The van der Waals surface area contributed by atoms with E-state index in [9.17, 15) is 9.59 Å². The van der Waals surface area contributed by atoms with E-state index in [0.29, 0.717) is 6.54 Å². The summed E-state index contributed by atoms with van der Waals surface area (Å²) in [6.45, 7) is 5.67. The number of rotatable bonds is 4. The lowest BCUT2D eigenvalue weighted by Gasteiger charge is -2.40. The molecule has 0 bridgehead atoms. The number of hydrogen-bond acceptors (Lipinski definition) is 6. The van der Waals surface area contributed by atoms with Crippen molar-refractivity contribution < 1.29 is 14.3 Å². The first-order chi connectivity index (χ1) is 15.4. The maximum absolute atomic E-state index is 13.6. The predicted molar refractivity (Wildman–Crippen MR) is 122 cm³/mol. The molecule has 2 atom stereocenters. The topological polar surface area (TPSA) is 68.7 Å². The molecule has 2 aromatic rings. The van der Waals surface area contributed by atoms with E-state index in [1.165, 1.54) is 4.90 Å². The molecule has 32 heavy (non-hydrogen) atoms. The molecule has 0 saturated carbocycles. The van der Waals surface area contributed by atoms with Crippen LogP contribution in [0, 0.1) is 13.8 Å². The number of imide groups is 1. The van der Waals surface area contributed by atoms with Crippen molar-refractivity contribution >= 4 is 23.6 Å². The summed E-state index contributed by atoms with van der Waals surface area (Å²) in [4.78, 5) is 38.6. The SMILES string of the molecule is COc1cccc(N2CCN3C2=NC2C3C(=O)N(Cc3cc(C)ccc3C)C(=O)N2C)c1. The Hall–Kier alpha value is -3.55. The van der Waals surface area contributed by atoms with Crippen molar-refractivity contribution in [2.24, 2.45) is 4.99 Å². The monoisotopic (exact) mass is 433 g/mol. The summed E-state index contributed by atoms with van der Waals surface area (Å²) < 4.78 is 5.36. The number of benzene rings is 2. The predicted octanol–water partition coefficient (Wildman–Crippen LogP) is 2.59. The summed E-state index contributed by atoms with van der Waals surface area (Å²) in [7, 11) is 3.37. The lowest BCUT2D eigenvalue weighted by Crippen LogP contribution is -2.64. The Morgan fingerprint density at radius 3 is 2.69 bits per heavy atom. The molecule has 2 fully saturated rings. The number of ether oxygens (including phenoxy) is 1. The number of guanidine groups is 1. The van der Waals surface area contributed by atoms with Crippen molar-refractivity contribution in [2.75, 3.05) is 32.1 Å². The van der Waals surface area contributed by atoms with Crippen LogP contribution in [-0.2, 0) is 11.3 Å². The highest BCUT2D eigenvalue weighted by molar-refractivity contribution is 6.08. The van der Waals surface area contributed by atoms with Gasteiger partial charge < -0.3 is 19.4 Å². The number of carbonyl (C=O) groups is 2. The zero-order valence-corrected chi connectivity index (χ0v) is 18.8. The van der Waals surface area contributed by atoms with E-state index in [0.717, 1.165) is 40.6 Å². The van der Waals surface area contributed by atoms with Crippen LogP contribution in [0.1, 0.15) is 16.7 Å². The van der Waals surface area contributed by atoms with E-state index in [4.69, 9.17) is 9.73 Å². The van der Waals surface area contributed by atoms with Crippen LogP contribution in [0.15, 0.2) is 47.5 Å². The fourth-order valence-electron chi connectivity index (χ4n) is 4.75. The molecular formula is C24H27N5O3. The molecule has 3 aliphatic rings. The Kier molecular flexibility index (Phi) is 4.80. The average molecular weight is 434 g/mol. The zero-order valence-electron chi connectivity index (χ0n) is 18.8. The highest BCUT2D eigenvalue weighted by Gasteiger charge is 2.54. The third kappa shape index (κ3) is 3.09. The smallest absolute Gasteiger partial charge is 0.328 e. The number of amides is 3. The molecule has 8 nitrogen and oxygen atoms in total. The Bertz CT molecular complexity index is 1130. The van der Waals surface area contributed by atoms with Gasteiger partial charge in [0.1, 0.15) is 5.75 Å². The number of fused-ring (bicyclic) bond motifs is 3. The van der Waals surface area contributed by atoms with E-state index in [2.05, 4.69) is 4.90 Å². The fourth-order valence-corrected chi connectivity index (χ4v) is 4.75. The summed E-state index contributed by atoms with van der Waals surface area (Å²) in [5.41, 5.74) is 4.11. The molecule has 0 radical (unpaired) electrons. The molecule has 3 aliphatic heterocycles. The number of likely N-dealkylation sites (N-methyl/N-ethyl adjacent to an activating group) is 1. The Morgan fingerprint density at radius 1 is 1.09 bits per heavy atom. The second-order valence-electron chi connectivity index (χ2n) is 8.58. The molecule has 166 valence electrons. The van der Waals surface area contributed by atoms with E-state index in [1.54, 1.807) is 19.1 Å². The molecule has 0 N–H and O–H groups in total. The molecule has 0 spiro atoms. The number of methoxy groups -OCH3 is 1. The first-order valence-electron chi connectivity index (χ1n) is 10.8. The lowest BCUT2D eigenvalue weighted by molar-refractivity contribution is -0.137. The summed E-state index contributed by atoms with van der Waals surface area (Å²) in [5.74, 6) is 1.31. The summed E-state index contributed by atoms with van der Waals surface area (Å²) in [5, 5.41) is 0. The summed E-state index contributed by atoms with van der Waals surface area (Å²) >= 11 is 0. The quantitative estimate of drug-likeness (QED) is 0.742. The van der Waals surface area contributed by atoms with Crippen molar-refractivity contribution in [3.63, 3.8) is 0 Å². The van der Waals surface area contributed by atoms with Crippen LogP contribution in [0.3, 0.4) is 0 Å². The Morgan fingerprint density at radius 2 is 1.91 bits per heavy atom. The molecule has 2 unspecified atom stereocenters.